The van der Waals surface area contributed by atoms with Gasteiger partial charge in [0.25, 0.3) is 10.0 Å². The van der Waals surface area contributed by atoms with Crippen LogP contribution in [0.3, 0.4) is 0 Å². The first-order valence-electron chi connectivity index (χ1n) is 11.2. The van der Waals surface area contributed by atoms with Crippen molar-refractivity contribution in [3.05, 3.63) is 42.5 Å². The number of carbonyl (C=O) groups excluding carboxylic acids is 2. The third-order valence-corrected chi connectivity index (χ3v) is 6.79. The minimum absolute atomic E-state index is 0.00209. The second-order valence-electron chi connectivity index (χ2n) is 7.93. The van der Waals surface area contributed by atoms with Gasteiger partial charge < -0.3 is 19.7 Å². The Morgan fingerprint density at radius 3 is 2.56 bits per heavy atom. The molecule has 0 aromatic heterocycles. The summed E-state index contributed by atoms with van der Waals surface area (Å²) in [6.45, 7) is 4.39. The molecule has 1 saturated heterocycles. The maximum atomic E-state index is 13.0. The van der Waals surface area contributed by atoms with Gasteiger partial charge in [0.1, 0.15) is 16.4 Å². The van der Waals surface area contributed by atoms with Crippen LogP contribution in [0.5, 0.6) is 11.5 Å². The molecule has 1 aliphatic rings. The molecule has 2 aromatic carbocycles. The van der Waals surface area contributed by atoms with Crippen LogP contribution in [0, 0.1) is 5.92 Å². The van der Waals surface area contributed by atoms with Crippen LogP contribution in [0.25, 0.3) is 0 Å². The number of nitrogens with one attached hydrogen (secondary N) is 2. The summed E-state index contributed by atoms with van der Waals surface area (Å²) in [6.07, 6.45) is -4.25. The van der Waals surface area contributed by atoms with E-state index >= 15 is 0 Å². The van der Waals surface area contributed by atoms with E-state index < -0.39 is 28.1 Å². The van der Waals surface area contributed by atoms with Crippen molar-refractivity contribution in [2.24, 2.45) is 5.92 Å². The highest BCUT2D eigenvalue weighted by atomic mass is 32.2. The number of carbonyl (C=O) groups is 2. The highest BCUT2D eigenvalue weighted by Gasteiger charge is 2.32. The van der Waals surface area contributed by atoms with E-state index in [4.69, 9.17) is 4.74 Å². The van der Waals surface area contributed by atoms with Crippen molar-refractivity contribution in [2.45, 2.75) is 37.9 Å². The van der Waals surface area contributed by atoms with Gasteiger partial charge in [-0.2, -0.15) is 0 Å². The Morgan fingerprint density at radius 1 is 1.14 bits per heavy atom. The second kappa shape index (κ2) is 11.1. The molecule has 1 aliphatic heterocycles. The van der Waals surface area contributed by atoms with Gasteiger partial charge in [-0.05, 0) is 44.5 Å². The molecule has 2 aromatic rings. The van der Waals surface area contributed by atoms with Gasteiger partial charge in [-0.25, -0.2) is 8.42 Å². The number of likely N-dealkylation sites (tertiary alicyclic amines) is 1. The Balaban J connectivity index is 1.79. The average molecular weight is 530 g/mol. The largest absolute Gasteiger partial charge is 0.573 e. The van der Waals surface area contributed by atoms with Gasteiger partial charge in [-0.3, -0.25) is 14.3 Å². The molecule has 36 heavy (non-hydrogen) atoms. The van der Waals surface area contributed by atoms with Gasteiger partial charge in [-0.15, -0.1) is 13.2 Å². The Morgan fingerprint density at radius 2 is 1.89 bits per heavy atom. The SMILES string of the molecule is CCOc1cc(NC(=O)C2CCC(=O)N(CC)C2)ccc1S(=O)(=O)Nc1cccc(OC(F)(F)F)c1. The third-order valence-electron chi connectivity index (χ3n) is 5.37. The van der Waals surface area contributed by atoms with E-state index in [9.17, 15) is 31.2 Å². The van der Waals surface area contributed by atoms with Crippen molar-refractivity contribution in [1.29, 1.82) is 0 Å². The highest BCUT2D eigenvalue weighted by Crippen LogP contribution is 2.31. The zero-order valence-corrected chi connectivity index (χ0v) is 20.4. The fourth-order valence-corrected chi connectivity index (χ4v) is 4.90. The Bertz CT molecular complexity index is 1220. The number of halogens is 3. The smallest absolute Gasteiger partial charge is 0.492 e. The van der Waals surface area contributed by atoms with Crippen LogP contribution in [0.4, 0.5) is 24.5 Å². The van der Waals surface area contributed by atoms with Gasteiger partial charge in [0.2, 0.25) is 11.8 Å². The van der Waals surface area contributed by atoms with Crippen LogP contribution in [0.2, 0.25) is 0 Å². The standard InChI is InChI=1S/C23H26F3N3O6S/c1-3-29-14-15(8-11-21(29)30)22(31)27-16-9-10-20(19(13-16)34-4-2)36(32,33)28-17-6-5-7-18(12-17)35-23(24,25)26/h5-7,9-10,12-13,15,28H,3-4,8,11,14H2,1-2H3,(H,27,31). The topological polar surface area (TPSA) is 114 Å². The van der Waals surface area contributed by atoms with E-state index in [1.807, 2.05) is 6.92 Å². The number of nitrogens with zero attached hydrogens (tertiary/aromatic N) is 1. The zero-order valence-electron chi connectivity index (χ0n) is 19.6. The molecule has 0 radical (unpaired) electrons. The van der Waals surface area contributed by atoms with E-state index in [1.165, 1.54) is 30.3 Å². The van der Waals surface area contributed by atoms with Crippen LogP contribution in [0.1, 0.15) is 26.7 Å². The maximum absolute atomic E-state index is 13.0. The Labute approximate surface area is 206 Å². The number of benzene rings is 2. The summed E-state index contributed by atoms with van der Waals surface area (Å²) >= 11 is 0. The van der Waals surface area contributed by atoms with E-state index in [1.54, 1.807) is 11.8 Å². The first-order valence-corrected chi connectivity index (χ1v) is 12.6. The third kappa shape index (κ3) is 7.03. The van der Waals surface area contributed by atoms with E-state index in [2.05, 4.69) is 14.8 Å². The van der Waals surface area contributed by atoms with E-state index in [0.29, 0.717) is 25.2 Å². The molecular formula is C23H26F3N3O6S. The predicted molar refractivity (Wildman–Crippen MR) is 125 cm³/mol. The molecule has 3 rings (SSSR count). The number of rotatable bonds is 9. The molecule has 0 spiro atoms. The summed E-state index contributed by atoms with van der Waals surface area (Å²) in [7, 11) is -4.28. The number of alkyl halides is 3. The fourth-order valence-electron chi connectivity index (χ4n) is 3.72. The lowest BCUT2D eigenvalue weighted by Gasteiger charge is -2.31. The molecule has 13 heteroatoms. The van der Waals surface area contributed by atoms with E-state index in [-0.39, 0.29) is 41.2 Å². The molecule has 1 unspecified atom stereocenters. The summed E-state index contributed by atoms with van der Waals surface area (Å²) in [5, 5.41) is 2.73. The molecule has 1 fully saturated rings. The Hall–Kier alpha value is -3.48. The minimum atomic E-state index is -4.93. The van der Waals surface area contributed by atoms with Crippen molar-refractivity contribution < 1.29 is 40.7 Å². The van der Waals surface area contributed by atoms with Crippen molar-refractivity contribution >= 4 is 33.2 Å². The molecule has 0 saturated carbocycles. The summed E-state index contributed by atoms with van der Waals surface area (Å²) in [6, 6.07) is 8.37. The van der Waals surface area contributed by atoms with Crippen LogP contribution in [0.15, 0.2) is 47.4 Å². The molecule has 1 heterocycles. The monoisotopic (exact) mass is 529 g/mol. The lowest BCUT2D eigenvalue weighted by molar-refractivity contribution is -0.274. The molecule has 0 aliphatic carbocycles. The number of ether oxygens (including phenoxy) is 2. The lowest BCUT2D eigenvalue weighted by atomic mass is 9.96. The summed E-state index contributed by atoms with van der Waals surface area (Å²) in [4.78, 5) is 25.9. The van der Waals surface area contributed by atoms with Gasteiger partial charge in [0, 0.05) is 37.3 Å². The van der Waals surface area contributed by atoms with Crippen molar-refractivity contribution in [1.82, 2.24) is 4.90 Å². The average Bonchev–Trinajstić information content (AvgIpc) is 2.78. The number of hydrogen-bond acceptors (Lipinski definition) is 6. The molecule has 9 nitrogen and oxygen atoms in total. The quantitative estimate of drug-likeness (QED) is 0.508. The first kappa shape index (κ1) is 27.1. The zero-order chi connectivity index (χ0) is 26.5. The number of hydrogen-bond donors (Lipinski definition) is 2. The molecule has 1 atom stereocenters. The number of piperidine rings is 1. The predicted octanol–water partition coefficient (Wildman–Crippen LogP) is 3.98. The number of sulfonamides is 1. The molecule has 2 amide bonds. The van der Waals surface area contributed by atoms with Crippen molar-refractivity contribution in [3.8, 4) is 11.5 Å². The summed E-state index contributed by atoms with van der Waals surface area (Å²) in [5.74, 6) is -1.36. The molecular weight excluding hydrogens is 503 g/mol. The van der Waals surface area contributed by atoms with Gasteiger partial charge >= 0.3 is 6.36 Å². The number of anilines is 2. The van der Waals surface area contributed by atoms with Crippen LogP contribution in [-0.4, -0.2) is 51.2 Å². The van der Waals surface area contributed by atoms with E-state index in [0.717, 1.165) is 12.1 Å². The minimum Gasteiger partial charge on any atom is -0.492 e. The molecule has 0 bridgehead atoms. The van der Waals surface area contributed by atoms with Crippen LogP contribution < -0.4 is 19.5 Å². The second-order valence-corrected chi connectivity index (χ2v) is 9.58. The fraction of sp³-hybridized carbons (Fsp3) is 0.391. The summed E-state index contributed by atoms with van der Waals surface area (Å²) < 4.78 is 75.0. The lowest BCUT2D eigenvalue weighted by Crippen LogP contribution is -2.43. The highest BCUT2D eigenvalue weighted by molar-refractivity contribution is 7.92. The van der Waals surface area contributed by atoms with Crippen molar-refractivity contribution in [3.63, 3.8) is 0 Å². The maximum Gasteiger partial charge on any atom is 0.573 e. The Kier molecular flexibility index (Phi) is 8.33. The summed E-state index contributed by atoms with van der Waals surface area (Å²) in [5.41, 5.74) is 0.145. The normalized spacial score (nSPS) is 16.4. The first-order chi connectivity index (χ1) is 16.9. The number of amides is 2. The van der Waals surface area contributed by atoms with Crippen LogP contribution >= 0.6 is 0 Å². The molecule has 2 N–H and O–H groups in total. The van der Waals surface area contributed by atoms with Gasteiger partial charge in [0.15, 0.2) is 0 Å². The van der Waals surface area contributed by atoms with Gasteiger partial charge in [0.05, 0.1) is 18.2 Å². The molecule has 196 valence electrons. The van der Waals surface area contributed by atoms with Crippen molar-refractivity contribution in [2.75, 3.05) is 29.7 Å². The van der Waals surface area contributed by atoms with Gasteiger partial charge in [-0.1, -0.05) is 6.07 Å². The van der Waals surface area contributed by atoms with Crippen LogP contribution in [-0.2, 0) is 19.6 Å².